The van der Waals surface area contributed by atoms with Gasteiger partial charge in [0.15, 0.2) is 0 Å². The molecule has 0 aliphatic carbocycles. The second-order valence-electron chi connectivity index (χ2n) is 6.65. The number of phenolic OH excluding ortho intramolecular Hbond substituents is 3. The number of aliphatic hydroxyl groups excluding tert-OH is 4. The molecule has 156 valence electrons. The van der Waals surface area contributed by atoms with Crippen LogP contribution in [0.25, 0.3) is 12.2 Å². The van der Waals surface area contributed by atoms with Gasteiger partial charge in [-0.3, -0.25) is 0 Å². The molecule has 0 unspecified atom stereocenters. The van der Waals surface area contributed by atoms with Gasteiger partial charge in [-0.2, -0.15) is 0 Å². The maximum atomic E-state index is 10.1. The van der Waals surface area contributed by atoms with Gasteiger partial charge < -0.3 is 45.2 Å². The third-order valence-electron chi connectivity index (χ3n) is 4.47. The van der Waals surface area contributed by atoms with Crippen molar-refractivity contribution in [2.75, 3.05) is 6.61 Å². The highest BCUT2D eigenvalue weighted by Gasteiger charge is 2.44. The molecule has 0 bridgehead atoms. The quantitative estimate of drug-likeness (QED) is 0.343. The van der Waals surface area contributed by atoms with Crippen LogP contribution in [0.15, 0.2) is 36.4 Å². The Kier molecular flexibility index (Phi) is 6.26. The number of hydrogen-bond acceptors (Lipinski definition) is 9. The van der Waals surface area contributed by atoms with Gasteiger partial charge in [0, 0.05) is 17.7 Å². The first kappa shape index (κ1) is 20.9. The number of benzene rings is 2. The molecule has 0 aromatic heterocycles. The fourth-order valence-electron chi connectivity index (χ4n) is 2.95. The Morgan fingerprint density at radius 1 is 0.828 bits per heavy atom. The molecule has 1 heterocycles. The van der Waals surface area contributed by atoms with Crippen LogP contribution in [-0.2, 0) is 4.74 Å². The third-order valence-corrected chi connectivity index (χ3v) is 4.47. The van der Waals surface area contributed by atoms with E-state index in [4.69, 9.17) is 9.47 Å². The van der Waals surface area contributed by atoms with Crippen LogP contribution in [0.5, 0.6) is 23.0 Å². The van der Waals surface area contributed by atoms with Crippen LogP contribution in [0.3, 0.4) is 0 Å². The predicted octanol–water partition coefficient (Wildman–Crippen LogP) is 0.152. The maximum Gasteiger partial charge on any atom is 0.229 e. The van der Waals surface area contributed by atoms with Crippen molar-refractivity contribution in [3.8, 4) is 23.0 Å². The smallest absolute Gasteiger partial charge is 0.229 e. The average molecular weight is 406 g/mol. The molecule has 9 heteroatoms. The molecule has 7 N–H and O–H groups in total. The fraction of sp³-hybridized carbons (Fsp3) is 0.300. The highest BCUT2D eigenvalue weighted by Crippen LogP contribution is 2.31. The van der Waals surface area contributed by atoms with Crippen molar-refractivity contribution in [3.05, 3.63) is 47.5 Å². The van der Waals surface area contributed by atoms with Gasteiger partial charge in [0.05, 0.1) is 6.61 Å². The monoisotopic (exact) mass is 406 g/mol. The van der Waals surface area contributed by atoms with Crippen LogP contribution in [0.1, 0.15) is 11.1 Å². The molecule has 0 spiro atoms. The molecular formula is C20H22O9. The second kappa shape index (κ2) is 8.68. The standard InChI is InChI=1S/C20H22O9/c21-9-16-17(25)18(26)19(27)20(29-16)28-15-8-12(22)4-3-11(15)2-1-10-5-13(23)7-14(24)6-10/h1-8,16-27H,9H2/b2-1+/t16-,17-,18+,19+,20-/m1/s1. The minimum atomic E-state index is -1.60. The van der Waals surface area contributed by atoms with Gasteiger partial charge in [-0.1, -0.05) is 12.2 Å². The highest BCUT2D eigenvalue weighted by molar-refractivity contribution is 5.74. The van der Waals surface area contributed by atoms with Gasteiger partial charge in [-0.05, 0) is 29.8 Å². The van der Waals surface area contributed by atoms with E-state index in [9.17, 15) is 35.7 Å². The number of hydrogen-bond donors (Lipinski definition) is 7. The van der Waals surface area contributed by atoms with Crippen LogP contribution in [0, 0.1) is 0 Å². The summed E-state index contributed by atoms with van der Waals surface area (Å²) in [7, 11) is 0. The lowest BCUT2D eigenvalue weighted by Gasteiger charge is -2.39. The Hall–Kier alpha value is -2.82. The lowest BCUT2D eigenvalue weighted by molar-refractivity contribution is -0.277. The topological polar surface area (TPSA) is 160 Å². The molecular weight excluding hydrogens is 384 g/mol. The summed E-state index contributed by atoms with van der Waals surface area (Å²) < 4.78 is 10.9. The van der Waals surface area contributed by atoms with Crippen molar-refractivity contribution >= 4 is 12.2 Å². The summed E-state index contributed by atoms with van der Waals surface area (Å²) in [6, 6.07) is 8.23. The number of rotatable bonds is 5. The Labute approximate surface area is 165 Å². The Morgan fingerprint density at radius 3 is 2.17 bits per heavy atom. The molecule has 9 nitrogen and oxygen atoms in total. The van der Waals surface area contributed by atoms with E-state index in [2.05, 4.69) is 0 Å². The lowest BCUT2D eigenvalue weighted by Crippen LogP contribution is -2.60. The Balaban J connectivity index is 1.86. The van der Waals surface area contributed by atoms with Gasteiger partial charge in [-0.15, -0.1) is 0 Å². The molecule has 1 saturated heterocycles. The van der Waals surface area contributed by atoms with E-state index in [1.807, 2.05) is 0 Å². The largest absolute Gasteiger partial charge is 0.508 e. The van der Waals surface area contributed by atoms with Gasteiger partial charge in [0.25, 0.3) is 0 Å². The Bertz CT molecular complexity index is 860. The normalized spacial score (nSPS) is 27.2. The van der Waals surface area contributed by atoms with Gasteiger partial charge in [-0.25, -0.2) is 0 Å². The third kappa shape index (κ3) is 4.78. The number of aromatic hydroxyl groups is 3. The first-order valence-electron chi connectivity index (χ1n) is 8.80. The zero-order valence-electron chi connectivity index (χ0n) is 15.2. The zero-order valence-corrected chi connectivity index (χ0v) is 15.2. The number of ether oxygens (including phenoxy) is 2. The molecule has 0 saturated carbocycles. The molecule has 3 rings (SSSR count). The molecule has 5 atom stereocenters. The second-order valence-corrected chi connectivity index (χ2v) is 6.65. The predicted molar refractivity (Wildman–Crippen MR) is 101 cm³/mol. The van der Waals surface area contributed by atoms with Crippen molar-refractivity contribution in [2.45, 2.75) is 30.7 Å². The zero-order chi connectivity index (χ0) is 21.1. The van der Waals surface area contributed by atoms with E-state index in [0.29, 0.717) is 11.1 Å². The minimum Gasteiger partial charge on any atom is -0.508 e. The van der Waals surface area contributed by atoms with E-state index < -0.39 is 37.3 Å². The molecule has 2 aromatic rings. The minimum absolute atomic E-state index is 0.0926. The summed E-state index contributed by atoms with van der Waals surface area (Å²) in [4.78, 5) is 0. The van der Waals surface area contributed by atoms with Crippen LogP contribution in [-0.4, -0.2) is 73.1 Å². The SMILES string of the molecule is OC[C@H]1O[C@@H](Oc2cc(O)ccc2/C=C/c2cc(O)cc(O)c2)[C@@H](O)[C@@H](O)[C@@H]1O. The summed E-state index contributed by atoms with van der Waals surface area (Å²) >= 11 is 0. The average Bonchev–Trinajstić information content (AvgIpc) is 2.67. The summed E-state index contributed by atoms with van der Waals surface area (Å²) in [5.41, 5.74) is 0.942. The molecule has 1 aliphatic rings. The number of aliphatic hydroxyl groups is 4. The lowest BCUT2D eigenvalue weighted by atomic mass is 9.99. The number of phenols is 3. The van der Waals surface area contributed by atoms with Crippen LogP contribution < -0.4 is 4.74 Å². The van der Waals surface area contributed by atoms with Crippen molar-refractivity contribution in [1.29, 1.82) is 0 Å². The molecule has 0 radical (unpaired) electrons. The maximum absolute atomic E-state index is 10.1. The first-order valence-corrected chi connectivity index (χ1v) is 8.80. The van der Waals surface area contributed by atoms with Crippen molar-refractivity contribution < 1.29 is 45.2 Å². The summed E-state index contributed by atoms with van der Waals surface area (Å²) in [5, 5.41) is 68.1. The van der Waals surface area contributed by atoms with Gasteiger partial charge in [0.1, 0.15) is 47.4 Å². The summed E-state index contributed by atoms with van der Waals surface area (Å²) in [6.45, 7) is -0.599. The summed E-state index contributed by atoms with van der Waals surface area (Å²) in [5.74, 6) is -0.270. The highest BCUT2D eigenvalue weighted by atomic mass is 16.7. The van der Waals surface area contributed by atoms with Crippen molar-refractivity contribution in [1.82, 2.24) is 0 Å². The van der Waals surface area contributed by atoms with E-state index in [1.165, 1.54) is 36.4 Å². The van der Waals surface area contributed by atoms with Crippen LogP contribution >= 0.6 is 0 Å². The Morgan fingerprint density at radius 2 is 1.52 bits per heavy atom. The van der Waals surface area contributed by atoms with Crippen LogP contribution in [0.2, 0.25) is 0 Å². The molecule has 2 aromatic carbocycles. The van der Waals surface area contributed by atoms with E-state index >= 15 is 0 Å². The van der Waals surface area contributed by atoms with E-state index in [-0.39, 0.29) is 23.0 Å². The van der Waals surface area contributed by atoms with E-state index in [0.717, 1.165) is 0 Å². The van der Waals surface area contributed by atoms with Crippen molar-refractivity contribution in [2.24, 2.45) is 0 Å². The van der Waals surface area contributed by atoms with Crippen molar-refractivity contribution in [3.63, 3.8) is 0 Å². The summed E-state index contributed by atoms with van der Waals surface area (Å²) in [6.07, 6.45) is -4.11. The van der Waals surface area contributed by atoms with Crippen LogP contribution in [0.4, 0.5) is 0 Å². The van der Waals surface area contributed by atoms with Gasteiger partial charge in [0.2, 0.25) is 6.29 Å². The fourth-order valence-corrected chi connectivity index (χ4v) is 2.95. The molecule has 0 amide bonds. The molecule has 1 fully saturated rings. The van der Waals surface area contributed by atoms with Gasteiger partial charge >= 0.3 is 0 Å². The van der Waals surface area contributed by atoms with E-state index in [1.54, 1.807) is 12.2 Å². The molecule has 1 aliphatic heterocycles. The molecule has 29 heavy (non-hydrogen) atoms. The first-order chi connectivity index (χ1) is 13.8.